The topological polar surface area (TPSA) is 56.2 Å². The molecular formula is C7H9NO2. The lowest BCUT2D eigenvalue weighted by Crippen LogP contribution is -2.10. The van der Waals surface area contributed by atoms with Gasteiger partial charge in [0.05, 0.1) is 0 Å². The Hall–Kier alpha value is -1.25. The predicted molar refractivity (Wildman–Crippen MR) is 36.7 cm³/mol. The van der Waals surface area contributed by atoms with Crippen LogP contribution in [0.15, 0.2) is 10.5 Å². The SMILES string of the molecule is Cc1cc(C)c(C(N)=O)o1. The summed E-state index contributed by atoms with van der Waals surface area (Å²) >= 11 is 0. The molecule has 0 saturated carbocycles. The molecule has 54 valence electrons. The second-order valence-corrected chi connectivity index (χ2v) is 2.23. The molecule has 10 heavy (non-hydrogen) atoms. The van der Waals surface area contributed by atoms with Crippen molar-refractivity contribution < 1.29 is 9.21 Å². The number of hydrogen-bond acceptors (Lipinski definition) is 2. The van der Waals surface area contributed by atoms with Crippen molar-refractivity contribution in [2.24, 2.45) is 5.73 Å². The summed E-state index contributed by atoms with van der Waals surface area (Å²) in [7, 11) is 0. The predicted octanol–water partition coefficient (Wildman–Crippen LogP) is 0.995. The van der Waals surface area contributed by atoms with Crippen LogP contribution in [0.3, 0.4) is 0 Å². The lowest BCUT2D eigenvalue weighted by atomic mass is 10.2. The van der Waals surface area contributed by atoms with Crippen molar-refractivity contribution in [3.05, 3.63) is 23.2 Å². The Kier molecular flexibility index (Phi) is 1.49. The van der Waals surface area contributed by atoms with Crippen LogP contribution >= 0.6 is 0 Å². The van der Waals surface area contributed by atoms with Crippen molar-refractivity contribution in [2.75, 3.05) is 0 Å². The quantitative estimate of drug-likeness (QED) is 0.630. The zero-order valence-corrected chi connectivity index (χ0v) is 5.97. The van der Waals surface area contributed by atoms with E-state index in [-0.39, 0.29) is 5.76 Å². The molecule has 1 amide bonds. The van der Waals surface area contributed by atoms with Crippen LogP contribution in [-0.4, -0.2) is 5.91 Å². The average molecular weight is 139 g/mol. The fourth-order valence-electron chi connectivity index (χ4n) is 0.886. The van der Waals surface area contributed by atoms with Gasteiger partial charge in [0.25, 0.3) is 5.91 Å². The van der Waals surface area contributed by atoms with E-state index >= 15 is 0 Å². The molecule has 1 aromatic rings. The number of nitrogens with two attached hydrogens (primary N) is 1. The highest BCUT2D eigenvalue weighted by Crippen LogP contribution is 2.11. The summed E-state index contributed by atoms with van der Waals surface area (Å²) in [5.41, 5.74) is 5.79. The maximum Gasteiger partial charge on any atom is 0.284 e. The molecule has 0 aliphatic heterocycles. The fourth-order valence-corrected chi connectivity index (χ4v) is 0.886. The summed E-state index contributed by atoms with van der Waals surface area (Å²) in [5, 5.41) is 0. The zero-order valence-electron chi connectivity index (χ0n) is 5.97. The molecule has 1 aromatic heterocycles. The second kappa shape index (κ2) is 2.17. The molecule has 0 spiro atoms. The Morgan fingerprint density at radius 1 is 1.60 bits per heavy atom. The van der Waals surface area contributed by atoms with Gasteiger partial charge in [0, 0.05) is 5.56 Å². The maximum atomic E-state index is 10.6. The molecule has 0 saturated heterocycles. The Labute approximate surface area is 58.8 Å². The Morgan fingerprint density at radius 2 is 2.20 bits per heavy atom. The lowest BCUT2D eigenvalue weighted by Gasteiger charge is -1.87. The van der Waals surface area contributed by atoms with Crippen LogP contribution in [0.1, 0.15) is 21.9 Å². The molecule has 0 fully saturated rings. The van der Waals surface area contributed by atoms with Gasteiger partial charge in [-0.2, -0.15) is 0 Å². The number of rotatable bonds is 1. The van der Waals surface area contributed by atoms with Crippen molar-refractivity contribution in [3.63, 3.8) is 0 Å². The summed E-state index contributed by atoms with van der Waals surface area (Å²) in [6.07, 6.45) is 0. The van der Waals surface area contributed by atoms with Crippen LogP contribution in [0.5, 0.6) is 0 Å². The van der Waals surface area contributed by atoms with E-state index in [9.17, 15) is 4.79 Å². The molecule has 0 aliphatic carbocycles. The first-order chi connectivity index (χ1) is 4.61. The standard InChI is InChI=1S/C7H9NO2/c1-4-3-5(2)10-6(4)7(8)9/h3H,1-2H3,(H2,8,9). The molecule has 0 unspecified atom stereocenters. The van der Waals surface area contributed by atoms with Gasteiger partial charge in [0.1, 0.15) is 5.76 Å². The van der Waals surface area contributed by atoms with Crippen LogP contribution in [0.4, 0.5) is 0 Å². The maximum absolute atomic E-state index is 10.6. The van der Waals surface area contributed by atoms with E-state index in [1.54, 1.807) is 19.9 Å². The number of carbonyl (C=O) groups excluding carboxylic acids is 1. The summed E-state index contributed by atoms with van der Waals surface area (Å²) in [4.78, 5) is 10.6. The molecule has 1 heterocycles. The Bertz CT molecular complexity index is 263. The number of amides is 1. The second-order valence-electron chi connectivity index (χ2n) is 2.23. The van der Waals surface area contributed by atoms with Gasteiger partial charge in [-0.3, -0.25) is 4.79 Å². The number of aryl methyl sites for hydroxylation is 2. The molecule has 0 aliphatic rings. The molecule has 0 radical (unpaired) electrons. The van der Waals surface area contributed by atoms with Gasteiger partial charge in [-0.1, -0.05) is 0 Å². The van der Waals surface area contributed by atoms with Crippen molar-refractivity contribution in [1.82, 2.24) is 0 Å². The van der Waals surface area contributed by atoms with Gasteiger partial charge in [-0.05, 0) is 19.9 Å². The van der Waals surface area contributed by atoms with E-state index in [0.717, 1.165) is 5.56 Å². The highest BCUT2D eigenvalue weighted by Gasteiger charge is 2.09. The smallest absolute Gasteiger partial charge is 0.284 e. The first-order valence-corrected chi connectivity index (χ1v) is 2.98. The average Bonchev–Trinajstić information content (AvgIpc) is 2.10. The van der Waals surface area contributed by atoms with Gasteiger partial charge >= 0.3 is 0 Å². The number of furan rings is 1. The van der Waals surface area contributed by atoms with E-state index in [1.165, 1.54) is 0 Å². The van der Waals surface area contributed by atoms with E-state index < -0.39 is 5.91 Å². The molecular weight excluding hydrogens is 130 g/mol. The lowest BCUT2D eigenvalue weighted by molar-refractivity contribution is 0.0972. The minimum absolute atomic E-state index is 0.262. The third-order valence-electron chi connectivity index (χ3n) is 1.26. The number of carbonyl (C=O) groups is 1. The highest BCUT2D eigenvalue weighted by atomic mass is 16.3. The van der Waals surface area contributed by atoms with Gasteiger partial charge in [-0.25, -0.2) is 0 Å². The third-order valence-corrected chi connectivity index (χ3v) is 1.26. The summed E-state index contributed by atoms with van der Waals surface area (Å²) in [6.45, 7) is 3.57. The molecule has 1 rings (SSSR count). The van der Waals surface area contributed by atoms with Crippen LogP contribution < -0.4 is 5.73 Å². The number of primary amides is 1. The van der Waals surface area contributed by atoms with E-state index in [2.05, 4.69) is 0 Å². The fraction of sp³-hybridized carbons (Fsp3) is 0.286. The van der Waals surface area contributed by atoms with E-state index in [1.807, 2.05) is 0 Å². The van der Waals surface area contributed by atoms with E-state index in [4.69, 9.17) is 10.2 Å². The van der Waals surface area contributed by atoms with E-state index in [0.29, 0.717) is 5.76 Å². The van der Waals surface area contributed by atoms with Crippen molar-refractivity contribution in [1.29, 1.82) is 0 Å². The van der Waals surface area contributed by atoms with Crippen LogP contribution in [0.25, 0.3) is 0 Å². The zero-order chi connectivity index (χ0) is 7.72. The first-order valence-electron chi connectivity index (χ1n) is 2.98. The molecule has 0 bridgehead atoms. The normalized spacial score (nSPS) is 9.80. The Morgan fingerprint density at radius 3 is 2.40 bits per heavy atom. The summed E-state index contributed by atoms with van der Waals surface area (Å²) in [5.74, 6) is 0.467. The monoisotopic (exact) mass is 139 g/mol. The molecule has 2 N–H and O–H groups in total. The van der Waals surface area contributed by atoms with Crippen LogP contribution in [0, 0.1) is 13.8 Å². The van der Waals surface area contributed by atoms with Crippen LogP contribution in [0.2, 0.25) is 0 Å². The van der Waals surface area contributed by atoms with Gasteiger partial charge in [0.2, 0.25) is 0 Å². The largest absolute Gasteiger partial charge is 0.456 e. The molecule has 0 atom stereocenters. The first kappa shape index (κ1) is 6.86. The van der Waals surface area contributed by atoms with Crippen LogP contribution in [-0.2, 0) is 0 Å². The summed E-state index contributed by atoms with van der Waals surface area (Å²) < 4.78 is 5.00. The Balaban J connectivity index is 3.15. The van der Waals surface area contributed by atoms with Gasteiger partial charge in [-0.15, -0.1) is 0 Å². The minimum atomic E-state index is -0.509. The molecule has 3 heteroatoms. The molecule has 3 nitrogen and oxygen atoms in total. The van der Waals surface area contributed by atoms with Crippen molar-refractivity contribution in [2.45, 2.75) is 13.8 Å². The van der Waals surface area contributed by atoms with Gasteiger partial charge in [0.15, 0.2) is 5.76 Å². The van der Waals surface area contributed by atoms with Gasteiger partial charge < -0.3 is 10.2 Å². The highest BCUT2D eigenvalue weighted by molar-refractivity contribution is 5.91. The van der Waals surface area contributed by atoms with Crippen molar-refractivity contribution >= 4 is 5.91 Å². The number of hydrogen-bond donors (Lipinski definition) is 1. The molecule has 0 aromatic carbocycles. The minimum Gasteiger partial charge on any atom is -0.456 e. The van der Waals surface area contributed by atoms with Crippen molar-refractivity contribution in [3.8, 4) is 0 Å². The summed E-state index contributed by atoms with van der Waals surface area (Å²) in [6, 6.07) is 1.78. The third kappa shape index (κ3) is 1.03.